The molecule has 0 spiro atoms. The monoisotopic (exact) mass is 261 g/mol. The van der Waals surface area contributed by atoms with Gasteiger partial charge in [-0.2, -0.15) is 0 Å². The molecule has 0 aromatic carbocycles. The van der Waals surface area contributed by atoms with E-state index in [0.29, 0.717) is 11.1 Å². The molecule has 0 saturated heterocycles. The van der Waals surface area contributed by atoms with Crippen LogP contribution in [0.2, 0.25) is 0 Å². The molecule has 94 valence electrons. The predicted molar refractivity (Wildman–Crippen MR) is 73.0 cm³/mol. The molecular weight excluding hydrogens is 246 g/mol. The minimum absolute atomic E-state index is 0.0349. The van der Waals surface area contributed by atoms with Crippen LogP contribution in [0, 0.1) is 5.92 Å². The molecule has 4 nitrogen and oxygen atoms in total. The van der Waals surface area contributed by atoms with Crippen molar-refractivity contribution in [3.8, 4) is 0 Å². The van der Waals surface area contributed by atoms with Crippen molar-refractivity contribution in [1.82, 2.24) is 14.5 Å². The second-order valence-electron chi connectivity index (χ2n) is 4.76. The minimum atomic E-state index is 0.0349. The van der Waals surface area contributed by atoms with Gasteiger partial charge < -0.3 is 0 Å². The molecule has 0 aliphatic heterocycles. The van der Waals surface area contributed by atoms with Crippen LogP contribution < -0.4 is 5.56 Å². The summed E-state index contributed by atoms with van der Waals surface area (Å²) < 4.78 is 1.83. The number of fused-ring (bicyclic) bond motifs is 1. The Balaban J connectivity index is 2.25. The molecule has 3 rings (SSSR count). The Morgan fingerprint density at radius 3 is 2.89 bits per heavy atom. The normalized spacial score (nSPS) is 17.0. The largest absolute Gasteiger partial charge is 0.289 e. The van der Waals surface area contributed by atoms with Crippen LogP contribution in [0.5, 0.6) is 0 Å². The third-order valence-corrected chi connectivity index (χ3v) is 4.10. The molecule has 0 bridgehead atoms. The summed E-state index contributed by atoms with van der Waals surface area (Å²) in [6.07, 6.45) is 6.16. The lowest BCUT2D eigenvalue weighted by molar-refractivity contribution is 0.482. The van der Waals surface area contributed by atoms with Crippen LogP contribution in [0.3, 0.4) is 0 Å². The number of thioether (sulfide) groups is 1. The first-order chi connectivity index (χ1) is 8.70. The molecule has 0 amide bonds. The lowest BCUT2D eigenvalue weighted by atomic mass is 10.2. The Hall–Kier alpha value is -1.36. The van der Waals surface area contributed by atoms with Gasteiger partial charge in [0.05, 0.1) is 0 Å². The highest BCUT2D eigenvalue weighted by Crippen LogP contribution is 2.39. The summed E-state index contributed by atoms with van der Waals surface area (Å²) >= 11 is 1.50. The number of hydrogen-bond donors (Lipinski definition) is 0. The predicted octanol–water partition coefficient (Wildman–Crippen LogP) is 2.48. The fraction of sp³-hybridized carbons (Fsp3) is 0.462. The molecule has 18 heavy (non-hydrogen) atoms. The van der Waals surface area contributed by atoms with E-state index >= 15 is 0 Å². The number of nitrogens with zero attached hydrogens (tertiary/aromatic N) is 3. The van der Waals surface area contributed by atoms with Crippen molar-refractivity contribution in [3.05, 3.63) is 28.7 Å². The molecule has 1 aliphatic carbocycles. The Labute approximate surface area is 109 Å². The van der Waals surface area contributed by atoms with Crippen LogP contribution in [0.25, 0.3) is 11.0 Å². The maximum absolute atomic E-state index is 12.1. The molecule has 0 N–H and O–H groups in total. The molecule has 2 aromatic rings. The van der Waals surface area contributed by atoms with Crippen LogP contribution in [-0.4, -0.2) is 20.8 Å². The highest BCUT2D eigenvalue weighted by molar-refractivity contribution is 7.98. The molecule has 1 atom stereocenters. The lowest BCUT2D eigenvalue weighted by Gasteiger charge is -2.16. The number of hydrogen-bond acceptors (Lipinski definition) is 4. The molecule has 1 aliphatic rings. The number of aromatic nitrogens is 3. The molecule has 1 unspecified atom stereocenters. The average Bonchev–Trinajstić information content (AvgIpc) is 3.21. The summed E-state index contributed by atoms with van der Waals surface area (Å²) in [7, 11) is 0. The number of rotatable bonds is 3. The van der Waals surface area contributed by atoms with Gasteiger partial charge in [-0.3, -0.25) is 9.36 Å². The maximum Gasteiger partial charge on any atom is 0.252 e. The third-order valence-electron chi connectivity index (χ3n) is 3.54. The molecule has 1 saturated carbocycles. The van der Waals surface area contributed by atoms with Gasteiger partial charge in [0.1, 0.15) is 5.65 Å². The van der Waals surface area contributed by atoms with E-state index in [4.69, 9.17) is 0 Å². The van der Waals surface area contributed by atoms with Gasteiger partial charge >= 0.3 is 0 Å². The fourth-order valence-electron chi connectivity index (χ4n) is 2.30. The molecule has 2 aromatic heterocycles. The molecule has 2 heterocycles. The quantitative estimate of drug-likeness (QED) is 0.629. The Morgan fingerprint density at radius 2 is 2.22 bits per heavy atom. The van der Waals surface area contributed by atoms with Gasteiger partial charge in [-0.25, -0.2) is 9.97 Å². The van der Waals surface area contributed by atoms with E-state index in [2.05, 4.69) is 16.9 Å². The minimum Gasteiger partial charge on any atom is -0.289 e. The van der Waals surface area contributed by atoms with Crippen molar-refractivity contribution < 1.29 is 0 Å². The van der Waals surface area contributed by atoms with E-state index < -0.39 is 0 Å². The van der Waals surface area contributed by atoms with Crippen molar-refractivity contribution in [2.24, 2.45) is 5.92 Å². The lowest BCUT2D eigenvalue weighted by Crippen LogP contribution is -2.24. The van der Waals surface area contributed by atoms with Crippen LogP contribution >= 0.6 is 11.8 Å². The SMILES string of the molecule is CSc1ncc2ccc(=O)n(C(C)C3CC3)c2n1. The Bertz CT molecular complexity index is 648. The standard InChI is InChI=1S/C13H15N3OS/c1-8(9-3-4-9)16-11(17)6-5-10-7-14-13(18-2)15-12(10)16/h5-9H,3-4H2,1-2H3. The summed E-state index contributed by atoms with van der Waals surface area (Å²) in [5.41, 5.74) is 0.800. The summed E-state index contributed by atoms with van der Waals surface area (Å²) in [6.45, 7) is 2.11. The highest BCUT2D eigenvalue weighted by atomic mass is 32.2. The van der Waals surface area contributed by atoms with Crippen LogP contribution in [0.1, 0.15) is 25.8 Å². The highest BCUT2D eigenvalue weighted by Gasteiger charge is 2.30. The van der Waals surface area contributed by atoms with Crippen LogP contribution in [0.4, 0.5) is 0 Å². The first-order valence-electron chi connectivity index (χ1n) is 6.13. The zero-order valence-corrected chi connectivity index (χ0v) is 11.3. The first-order valence-corrected chi connectivity index (χ1v) is 7.35. The van der Waals surface area contributed by atoms with E-state index in [-0.39, 0.29) is 11.6 Å². The second-order valence-corrected chi connectivity index (χ2v) is 5.53. The van der Waals surface area contributed by atoms with E-state index in [0.717, 1.165) is 11.0 Å². The summed E-state index contributed by atoms with van der Waals surface area (Å²) in [6, 6.07) is 3.65. The number of pyridine rings is 1. The maximum atomic E-state index is 12.1. The average molecular weight is 261 g/mol. The fourth-order valence-corrected chi connectivity index (χ4v) is 2.64. The summed E-state index contributed by atoms with van der Waals surface area (Å²) in [5, 5.41) is 1.64. The third kappa shape index (κ3) is 1.92. The Morgan fingerprint density at radius 1 is 1.44 bits per heavy atom. The molecule has 5 heteroatoms. The van der Waals surface area contributed by atoms with Gasteiger partial charge in [0.25, 0.3) is 5.56 Å². The van der Waals surface area contributed by atoms with Crippen molar-refractivity contribution >= 4 is 22.8 Å². The van der Waals surface area contributed by atoms with Gasteiger partial charge in [-0.1, -0.05) is 11.8 Å². The smallest absolute Gasteiger partial charge is 0.252 e. The van der Waals surface area contributed by atoms with Gasteiger partial charge in [-0.15, -0.1) is 0 Å². The zero-order chi connectivity index (χ0) is 12.7. The second kappa shape index (κ2) is 4.39. The van der Waals surface area contributed by atoms with Crippen molar-refractivity contribution in [3.63, 3.8) is 0 Å². The van der Waals surface area contributed by atoms with Crippen LogP contribution in [0.15, 0.2) is 28.3 Å². The molecular formula is C13H15N3OS. The summed E-state index contributed by atoms with van der Waals surface area (Å²) in [5.74, 6) is 0.626. The van der Waals surface area contributed by atoms with Gasteiger partial charge in [0, 0.05) is 23.7 Å². The van der Waals surface area contributed by atoms with E-state index in [1.807, 2.05) is 10.8 Å². The van der Waals surface area contributed by atoms with Crippen LogP contribution in [-0.2, 0) is 0 Å². The van der Waals surface area contributed by atoms with Crippen molar-refractivity contribution in [2.75, 3.05) is 6.26 Å². The Kier molecular flexibility index (Phi) is 2.86. The van der Waals surface area contributed by atoms with Gasteiger partial charge in [0.2, 0.25) is 0 Å². The van der Waals surface area contributed by atoms with E-state index in [1.165, 1.54) is 24.6 Å². The first kappa shape index (κ1) is 11.7. The summed E-state index contributed by atoms with van der Waals surface area (Å²) in [4.78, 5) is 20.9. The zero-order valence-electron chi connectivity index (χ0n) is 10.5. The molecule has 0 radical (unpaired) electrons. The van der Waals surface area contributed by atoms with Crippen molar-refractivity contribution in [1.29, 1.82) is 0 Å². The van der Waals surface area contributed by atoms with E-state index in [1.54, 1.807) is 18.3 Å². The van der Waals surface area contributed by atoms with Gasteiger partial charge in [0.15, 0.2) is 5.16 Å². The van der Waals surface area contributed by atoms with Crippen molar-refractivity contribution in [2.45, 2.75) is 31.0 Å². The van der Waals surface area contributed by atoms with Gasteiger partial charge in [-0.05, 0) is 38.0 Å². The molecule has 1 fully saturated rings. The van der Waals surface area contributed by atoms with E-state index in [9.17, 15) is 4.79 Å². The topological polar surface area (TPSA) is 47.8 Å².